The van der Waals surface area contributed by atoms with Crippen LogP contribution in [-0.2, 0) is 10.1 Å². The molecule has 0 aliphatic carbocycles. The lowest BCUT2D eigenvalue weighted by Crippen LogP contribution is -2.11. The fourth-order valence-electron chi connectivity index (χ4n) is 2.01. The van der Waals surface area contributed by atoms with Gasteiger partial charge in [0.25, 0.3) is 0 Å². The van der Waals surface area contributed by atoms with Gasteiger partial charge < -0.3 is 8.92 Å². The molecule has 0 radical (unpaired) electrons. The maximum absolute atomic E-state index is 12.3. The highest BCUT2D eigenvalue weighted by Crippen LogP contribution is 2.24. The summed E-state index contributed by atoms with van der Waals surface area (Å²) >= 11 is 0. The first kappa shape index (κ1) is 15.4. The highest BCUT2D eigenvalue weighted by molar-refractivity contribution is 7.87. The van der Waals surface area contributed by atoms with E-state index >= 15 is 0 Å². The van der Waals surface area contributed by atoms with Gasteiger partial charge in [0.1, 0.15) is 16.4 Å². The molecule has 0 atom stereocenters. The Balaban J connectivity index is 2.24. The molecule has 0 amide bonds. The van der Waals surface area contributed by atoms with E-state index in [1.807, 2.05) is 19.9 Å². The van der Waals surface area contributed by atoms with Crippen LogP contribution in [0.1, 0.15) is 18.1 Å². The number of aryl methyl sites for hydroxylation is 2. The zero-order valence-corrected chi connectivity index (χ0v) is 13.1. The molecule has 0 saturated heterocycles. The summed E-state index contributed by atoms with van der Waals surface area (Å²) in [5.74, 6) is 0.937. The fourth-order valence-corrected chi connectivity index (χ4v) is 3.15. The molecule has 0 aliphatic heterocycles. The standard InChI is InChI=1S/C16H18O4S/c1-4-19-14-6-8-15(9-7-14)20-21(17,18)16-10-5-12(2)11-13(16)3/h5-11H,4H2,1-3H3. The number of rotatable bonds is 5. The molecular formula is C16H18O4S. The fraction of sp³-hybridized carbons (Fsp3) is 0.250. The third-order valence-corrected chi connectivity index (χ3v) is 4.35. The molecule has 0 spiro atoms. The quantitative estimate of drug-likeness (QED) is 0.794. The van der Waals surface area contributed by atoms with E-state index in [1.54, 1.807) is 43.3 Å². The first-order chi connectivity index (χ1) is 9.92. The van der Waals surface area contributed by atoms with E-state index in [-0.39, 0.29) is 10.6 Å². The first-order valence-corrected chi connectivity index (χ1v) is 8.08. The van der Waals surface area contributed by atoms with Crippen molar-refractivity contribution in [3.8, 4) is 11.5 Å². The topological polar surface area (TPSA) is 52.6 Å². The van der Waals surface area contributed by atoms with Crippen LogP contribution in [0.3, 0.4) is 0 Å². The summed E-state index contributed by atoms with van der Waals surface area (Å²) in [5, 5.41) is 0. The first-order valence-electron chi connectivity index (χ1n) is 6.67. The van der Waals surface area contributed by atoms with Crippen molar-refractivity contribution in [1.29, 1.82) is 0 Å². The van der Waals surface area contributed by atoms with Crippen LogP contribution in [0.15, 0.2) is 47.4 Å². The van der Waals surface area contributed by atoms with Crippen LogP contribution < -0.4 is 8.92 Å². The summed E-state index contributed by atoms with van der Waals surface area (Å²) in [6.07, 6.45) is 0. The number of ether oxygens (including phenoxy) is 1. The average Bonchev–Trinajstić information content (AvgIpc) is 2.40. The largest absolute Gasteiger partial charge is 0.494 e. The third kappa shape index (κ3) is 3.76. The van der Waals surface area contributed by atoms with Crippen molar-refractivity contribution in [1.82, 2.24) is 0 Å². The molecule has 5 heteroatoms. The minimum absolute atomic E-state index is 0.182. The molecule has 0 aliphatic rings. The van der Waals surface area contributed by atoms with Gasteiger partial charge >= 0.3 is 10.1 Å². The summed E-state index contributed by atoms with van der Waals surface area (Å²) in [6.45, 7) is 6.11. The van der Waals surface area contributed by atoms with Gasteiger partial charge in [-0.3, -0.25) is 0 Å². The van der Waals surface area contributed by atoms with Gasteiger partial charge in [-0.2, -0.15) is 8.42 Å². The highest BCUT2D eigenvalue weighted by Gasteiger charge is 2.19. The molecule has 0 heterocycles. The molecule has 112 valence electrons. The van der Waals surface area contributed by atoms with E-state index in [4.69, 9.17) is 8.92 Å². The minimum atomic E-state index is -3.83. The molecule has 2 rings (SSSR count). The van der Waals surface area contributed by atoms with E-state index in [2.05, 4.69) is 0 Å². The van der Waals surface area contributed by atoms with Crippen molar-refractivity contribution in [2.45, 2.75) is 25.7 Å². The van der Waals surface area contributed by atoms with E-state index in [9.17, 15) is 8.42 Å². The Labute approximate surface area is 125 Å². The maximum Gasteiger partial charge on any atom is 0.339 e. The zero-order valence-electron chi connectivity index (χ0n) is 12.3. The molecule has 0 bridgehead atoms. The smallest absolute Gasteiger partial charge is 0.339 e. The van der Waals surface area contributed by atoms with Gasteiger partial charge in [-0.25, -0.2) is 0 Å². The van der Waals surface area contributed by atoms with Crippen LogP contribution in [0.25, 0.3) is 0 Å². The summed E-state index contributed by atoms with van der Waals surface area (Å²) in [7, 11) is -3.83. The molecule has 0 aromatic heterocycles. The molecular weight excluding hydrogens is 288 g/mol. The number of hydrogen-bond acceptors (Lipinski definition) is 4. The van der Waals surface area contributed by atoms with Crippen LogP contribution in [0.2, 0.25) is 0 Å². The summed E-state index contributed by atoms with van der Waals surface area (Å²) in [6, 6.07) is 11.6. The second-order valence-corrected chi connectivity index (χ2v) is 6.23. The molecule has 2 aromatic carbocycles. The van der Waals surface area contributed by atoms with Crippen molar-refractivity contribution in [3.05, 3.63) is 53.6 Å². The van der Waals surface area contributed by atoms with Gasteiger partial charge in [-0.05, 0) is 56.7 Å². The van der Waals surface area contributed by atoms with Gasteiger partial charge in [-0.1, -0.05) is 17.7 Å². The SMILES string of the molecule is CCOc1ccc(OS(=O)(=O)c2ccc(C)cc2C)cc1. The van der Waals surface area contributed by atoms with Crippen molar-refractivity contribution in [2.75, 3.05) is 6.61 Å². The monoisotopic (exact) mass is 306 g/mol. The van der Waals surface area contributed by atoms with Crippen molar-refractivity contribution in [2.24, 2.45) is 0 Å². The summed E-state index contributed by atoms with van der Waals surface area (Å²) in [4.78, 5) is 0.182. The van der Waals surface area contributed by atoms with E-state index in [1.165, 1.54) is 0 Å². The Morgan fingerprint density at radius 2 is 1.57 bits per heavy atom. The van der Waals surface area contributed by atoms with Gasteiger partial charge in [0.2, 0.25) is 0 Å². The predicted molar refractivity (Wildman–Crippen MR) is 81.3 cm³/mol. The Bertz CT molecular complexity index is 718. The Hall–Kier alpha value is -2.01. The lowest BCUT2D eigenvalue weighted by Gasteiger charge is -2.10. The van der Waals surface area contributed by atoms with Crippen LogP contribution in [0, 0.1) is 13.8 Å². The van der Waals surface area contributed by atoms with E-state index in [0.29, 0.717) is 17.9 Å². The number of hydrogen-bond donors (Lipinski definition) is 0. The Morgan fingerprint density at radius 3 is 2.14 bits per heavy atom. The molecule has 4 nitrogen and oxygen atoms in total. The Morgan fingerprint density at radius 1 is 0.952 bits per heavy atom. The lowest BCUT2D eigenvalue weighted by atomic mass is 10.2. The molecule has 0 fully saturated rings. The molecule has 0 saturated carbocycles. The van der Waals surface area contributed by atoms with Crippen molar-refractivity contribution in [3.63, 3.8) is 0 Å². The van der Waals surface area contributed by atoms with E-state index < -0.39 is 10.1 Å². The van der Waals surface area contributed by atoms with Crippen LogP contribution in [0.4, 0.5) is 0 Å². The molecule has 2 aromatic rings. The van der Waals surface area contributed by atoms with Gasteiger partial charge in [-0.15, -0.1) is 0 Å². The second kappa shape index (κ2) is 6.18. The molecule has 21 heavy (non-hydrogen) atoms. The second-order valence-electron chi connectivity index (χ2n) is 4.71. The van der Waals surface area contributed by atoms with Crippen LogP contribution in [-0.4, -0.2) is 15.0 Å². The summed E-state index contributed by atoms with van der Waals surface area (Å²) < 4.78 is 35.0. The Kier molecular flexibility index (Phi) is 4.53. The highest BCUT2D eigenvalue weighted by atomic mass is 32.2. The lowest BCUT2D eigenvalue weighted by molar-refractivity contribution is 0.340. The van der Waals surface area contributed by atoms with Crippen molar-refractivity contribution < 1.29 is 17.3 Å². The maximum atomic E-state index is 12.3. The summed E-state index contributed by atoms with van der Waals surface area (Å²) in [5.41, 5.74) is 1.67. The van der Waals surface area contributed by atoms with Crippen LogP contribution in [0.5, 0.6) is 11.5 Å². The minimum Gasteiger partial charge on any atom is -0.494 e. The van der Waals surface area contributed by atoms with Crippen LogP contribution >= 0.6 is 0 Å². The normalized spacial score (nSPS) is 11.2. The molecule has 0 unspecified atom stereocenters. The average molecular weight is 306 g/mol. The third-order valence-electron chi connectivity index (χ3n) is 2.94. The van der Waals surface area contributed by atoms with Gasteiger partial charge in [0, 0.05) is 0 Å². The zero-order chi connectivity index (χ0) is 15.5. The number of benzene rings is 2. The van der Waals surface area contributed by atoms with Crippen molar-refractivity contribution >= 4 is 10.1 Å². The van der Waals surface area contributed by atoms with Gasteiger partial charge in [0.15, 0.2) is 0 Å². The predicted octanol–water partition coefficient (Wildman–Crippen LogP) is 3.47. The van der Waals surface area contributed by atoms with E-state index in [0.717, 1.165) is 5.56 Å². The van der Waals surface area contributed by atoms with Gasteiger partial charge in [0.05, 0.1) is 6.61 Å². The molecule has 0 N–H and O–H groups in total.